The van der Waals surface area contributed by atoms with E-state index in [4.69, 9.17) is 5.11 Å². The topological polar surface area (TPSA) is 80.9 Å². The molecule has 5 atom stereocenters. The summed E-state index contributed by atoms with van der Waals surface area (Å²) in [5, 5.41) is 37.0. The molecular weight excluding hydrogens is 160 g/mol. The number of hydrogen-bond donors (Lipinski definition) is 4. The quantitative estimate of drug-likeness (QED) is 0.401. The van der Waals surface area contributed by atoms with Crippen molar-refractivity contribution >= 4 is 0 Å². The van der Waals surface area contributed by atoms with Crippen molar-refractivity contribution in [3.05, 3.63) is 0 Å². The second-order valence-corrected chi connectivity index (χ2v) is 3.59. The van der Waals surface area contributed by atoms with Crippen LogP contribution in [0.25, 0.3) is 0 Å². The number of rotatable bonds is 1. The summed E-state index contributed by atoms with van der Waals surface area (Å²) in [7, 11) is 0. The summed E-state index contributed by atoms with van der Waals surface area (Å²) in [6.45, 7) is 1.49. The molecular formula is C8H16O4. The summed E-state index contributed by atoms with van der Waals surface area (Å²) in [4.78, 5) is 0. The van der Waals surface area contributed by atoms with Crippen LogP contribution in [0.5, 0.6) is 0 Å². The van der Waals surface area contributed by atoms with Crippen molar-refractivity contribution in [3.63, 3.8) is 0 Å². The van der Waals surface area contributed by atoms with E-state index in [1.54, 1.807) is 6.92 Å². The van der Waals surface area contributed by atoms with Gasteiger partial charge in [0, 0.05) is 18.4 Å². The van der Waals surface area contributed by atoms with Gasteiger partial charge >= 0.3 is 0 Å². The molecule has 1 aliphatic carbocycles. The van der Waals surface area contributed by atoms with Crippen LogP contribution in [-0.2, 0) is 0 Å². The Kier molecular flexibility index (Phi) is 3.06. The van der Waals surface area contributed by atoms with E-state index in [9.17, 15) is 15.3 Å². The zero-order valence-electron chi connectivity index (χ0n) is 7.09. The number of aliphatic hydroxyl groups is 4. The molecule has 1 fully saturated rings. The molecule has 1 saturated carbocycles. The molecule has 0 spiro atoms. The normalized spacial score (nSPS) is 49.2. The zero-order chi connectivity index (χ0) is 9.30. The molecule has 0 bridgehead atoms. The van der Waals surface area contributed by atoms with Gasteiger partial charge in [0.1, 0.15) is 0 Å². The third kappa shape index (κ3) is 1.61. The highest BCUT2D eigenvalue weighted by Gasteiger charge is 2.39. The molecule has 4 nitrogen and oxygen atoms in total. The minimum atomic E-state index is -0.925. The minimum Gasteiger partial charge on any atom is -0.396 e. The predicted molar refractivity (Wildman–Crippen MR) is 42.4 cm³/mol. The Bertz CT molecular complexity index is 145. The van der Waals surface area contributed by atoms with Gasteiger partial charge in [0.05, 0.1) is 18.3 Å². The fourth-order valence-electron chi connectivity index (χ4n) is 1.66. The molecule has 5 unspecified atom stereocenters. The molecule has 1 rings (SSSR count). The van der Waals surface area contributed by atoms with Gasteiger partial charge < -0.3 is 20.4 Å². The summed E-state index contributed by atoms with van der Waals surface area (Å²) < 4.78 is 0. The Hall–Kier alpha value is -0.160. The van der Waals surface area contributed by atoms with Crippen LogP contribution in [0.4, 0.5) is 0 Å². The second-order valence-electron chi connectivity index (χ2n) is 3.59. The molecule has 1 aliphatic rings. The van der Waals surface area contributed by atoms with Gasteiger partial charge in [-0.3, -0.25) is 0 Å². The van der Waals surface area contributed by atoms with E-state index in [0.717, 1.165) is 0 Å². The van der Waals surface area contributed by atoms with Gasteiger partial charge in [-0.05, 0) is 6.42 Å². The SMILES string of the molecule is CC1C(O)CC(CO)C(O)C1O. The van der Waals surface area contributed by atoms with Crippen molar-refractivity contribution in [1.82, 2.24) is 0 Å². The smallest absolute Gasteiger partial charge is 0.0853 e. The molecule has 0 heterocycles. The second kappa shape index (κ2) is 3.70. The standard InChI is InChI=1S/C8H16O4/c1-4-6(10)2-5(3-9)8(12)7(4)11/h4-12H,2-3H2,1H3. The molecule has 72 valence electrons. The first kappa shape index (κ1) is 9.92. The van der Waals surface area contributed by atoms with E-state index in [1.165, 1.54) is 0 Å². The van der Waals surface area contributed by atoms with Crippen LogP contribution in [0.1, 0.15) is 13.3 Å². The maximum Gasteiger partial charge on any atom is 0.0853 e. The third-order valence-corrected chi connectivity index (χ3v) is 2.76. The zero-order valence-corrected chi connectivity index (χ0v) is 7.09. The van der Waals surface area contributed by atoms with Crippen molar-refractivity contribution in [2.24, 2.45) is 11.8 Å². The molecule has 0 aromatic rings. The molecule has 0 amide bonds. The Morgan fingerprint density at radius 3 is 2.25 bits per heavy atom. The molecule has 4 heteroatoms. The molecule has 0 aromatic heterocycles. The minimum absolute atomic E-state index is 0.192. The van der Waals surface area contributed by atoms with Gasteiger partial charge in [0.15, 0.2) is 0 Å². The van der Waals surface area contributed by atoms with E-state index < -0.39 is 24.2 Å². The summed E-state index contributed by atoms with van der Waals surface area (Å²) >= 11 is 0. The lowest BCUT2D eigenvalue weighted by Gasteiger charge is -2.38. The first-order valence-electron chi connectivity index (χ1n) is 4.23. The lowest BCUT2D eigenvalue weighted by Crippen LogP contribution is -2.49. The molecule has 4 N–H and O–H groups in total. The van der Waals surface area contributed by atoms with Crippen LogP contribution < -0.4 is 0 Å². The molecule has 0 saturated heterocycles. The van der Waals surface area contributed by atoms with Gasteiger partial charge in [0.2, 0.25) is 0 Å². The molecule has 0 aromatic carbocycles. The van der Waals surface area contributed by atoms with Crippen LogP contribution in [-0.4, -0.2) is 45.3 Å². The average molecular weight is 176 g/mol. The van der Waals surface area contributed by atoms with Gasteiger partial charge in [0.25, 0.3) is 0 Å². The Balaban J connectivity index is 2.63. The van der Waals surface area contributed by atoms with Crippen molar-refractivity contribution in [2.75, 3.05) is 6.61 Å². The maximum atomic E-state index is 9.40. The van der Waals surface area contributed by atoms with Gasteiger partial charge in [-0.25, -0.2) is 0 Å². The summed E-state index contributed by atoms with van der Waals surface area (Å²) in [5.41, 5.74) is 0. The van der Waals surface area contributed by atoms with Gasteiger partial charge in [-0.2, -0.15) is 0 Å². The fourth-order valence-corrected chi connectivity index (χ4v) is 1.66. The Morgan fingerprint density at radius 2 is 1.75 bits per heavy atom. The van der Waals surface area contributed by atoms with Crippen molar-refractivity contribution in [2.45, 2.75) is 31.7 Å². The largest absolute Gasteiger partial charge is 0.396 e. The summed E-state index contributed by atoms with van der Waals surface area (Å²) in [6, 6.07) is 0. The lowest BCUT2D eigenvalue weighted by atomic mass is 9.77. The predicted octanol–water partition coefficient (Wildman–Crippen LogP) is -1.28. The van der Waals surface area contributed by atoms with Gasteiger partial charge in [-0.1, -0.05) is 6.92 Å². The van der Waals surface area contributed by atoms with Crippen molar-refractivity contribution in [3.8, 4) is 0 Å². The van der Waals surface area contributed by atoms with Crippen molar-refractivity contribution in [1.29, 1.82) is 0 Å². The Morgan fingerprint density at radius 1 is 1.17 bits per heavy atom. The molecule has 0 radical (unpaired) electrons. The molecule has 0 aliphatic heterocycles. The van der Waals surface area contributed by atoms with Crippen molar-refractivity contribution < 1.29 is 20.4 Å². The fraction of sp³-hybridized carbons (Fsp3) is 1.00. The maximum absolute atomic E-state index is 9.40. The lowest BCUT2D eigenvalue weighted by molar-refractivity contribution is -0.126. The van der Waals surface area contributed by atoms with E-state index in [2.05, 4.69) is 0 Å². The Labute approximate surface area is 71.5 Å². The van der Waals surface area contributed by atoms with E-state index in [0.29, 0.717) is 6.42 Å². The van der Waals surface area contributed by atoms with Crippen LogP contribution in [0.2, 0.25) is 0 Å². The van der Waals surface area contributed by atoms with Gasteiger partial charge in [-0.15, -0.1) is 0 Å². The van der Waals surface area contributed by atoms with E-state index >= 15 is 0 Å². The highest BCUT2D eigenvalue weighted by atomic mass is 16.3. The van der Waals surface area contributed by atoms with Crippen LogP contribution in [0.3, 0.4) is 0 Å². The first-order chi connectivity index (χ1) is 5.57. The van der Waals surface area contributed by atoms with Crippen LogP contribution >= 0.6 is 0 Å². The monoisotopic (exact) mass is 176 g/mol. The number of aliphatic hydroxyl groups excluding tert-OH is 4. The highest BCUT2D eigenvalue weighted by molar-refractivity contribution is 4.89. The van der Waals surface area contributed by atoms with Crippen LogP contribution in [0.15, 0.2) is 0 Å². The summed E-state index contributed by atoms with van der Waals surface area (Å²) in [5.74, 6) is -0.714. The first-order valence-corrected chi connectivity index (χ1v) is 4.23. The van der Waals surface area contributed by atoms with E-state index in [-0.39, 0.29) is 12.5 Å². The molecule has 12 heavy (non-hydrogen) atoms. The number of hydrogen-bond acceptors (Lipinski definition) is 4. The van der Waals surface area contributed by atoms with E-state index in [1.807, 2.05) is 0 Å². The average Bonchev–Trinajstić information content (AvgIpc) is 2.08. The summed E-state index contributed by atoms with van der Waals surface area (Å²) in [6.07, 6.45) is -2.10. The van der Waals surface area contributed by atoms with Crippen LogP contribution in [0, 0.1) is 11.8 Å². The third-order valence-electron chi connectivity index (χ3n) is 2.76. The highest BCUT2D eigenvalue weighted by Crippen LogP contribution is 2.29.